The standard InChI is InChI=1S/C14H31N/c1-6-11-15(12-7-2)13-9-8-10-14(3,4)5/h6-13H2,1-5H3. The van der Waals surface area contributed by atoms with Crippen LogP contribution in [0.5, 0.6) is 0 Å². The van der Waals surface area contributed by atoms with E-state index in [1.807, 2.05) is 0 Å². The molecule has 0 heterocycles. The zero-order chi connectivity index (χ0) is 11.7. The van der Waals surface area contributed by atoms with Crippen LogP contribution in [0.25, 0.3) is 0 Å². The average Bonchev–Trinajstić information content (AvgIpc) is 2.11. The third-order valence-corrected chi connectivity index (χ3v) is 2.73. The predicted octanol–water partition coefficient (Wildman–Crippen LogP) is 4.32. The minimum Gasteiger partial charge on any atom is -0.303 e. The van der Waals surface area contributed by atoms with E-state index in [2.05, 4.69) is 39.5 Å². The summed E-state index contributed by atoms with van der Waals surface area (Å²) in [7, 11) is 0. The van der Waals surface area contributed by atoms with Gasteiger partial charge in [0, 0.05) is 0 Å². The maximum Gasteiger partial charge on any atom is -0.00187 e. The summed E-state index contributed by atoms with van der Waals surface area (Å²) in [6.45, 7) is 15.4. The highest BCUT2D eigenvalue weighted by molar-refractivity contribution is 4.63. The molecule has 0 rings (SSSR count). The van der Waals surface area contributed by atoms with Crippen molar-refractivity contribution in [3.8, 4) is 0 Å². The molecule has 0 saturated carbocycles. The second-order valence-corrected chi connectivity index (χ2v) is 5.86. The molecule has 0 spiro atoms. The van der Waals surface area contributed by atoms with Crippen LogP contribution in [0.2, 0.25) is 0 Å². The van der Waals surface area contributed by atoms with Crippen LogP contribution in [-0.4, -0.2) is 24.5 Å². The van der Waals surface area contributed by atoms with Gasteiger partial charge in [-0.1, -0.05) is 41.0 Å². The van der Waals surface area contributed by atoms with Gasteiger partial charge >= 0.3 is 0 Å². The minimum atomic E-state index is 0.514. The summed E-state index contributed by atoms with van der Waals surface area (Å²) in [5.41, 5.74) is 0.514. The SMILES string of the molecule is CCCN(CCC)CCCCC(C)(C)C. The van der Waals surface area contributed by atoms with E-state index >= 15 is 0 Å². The zero-order valence-corrected chi connectivity index (χ0v) is 11.6. The number of nitrogens with zero attached hydrogens (tertiary/aromatic N) is 1. The van der Waals surface area contributed by atoms with Crippen LogP contribution in [0.3, 0.4) is 0 Å². The second kappa shape index (κ2) is 8.15. The maximum absolute atomic E-state index is 2.61. The van der Waals surface area contributed by atoms with E-state index in [0.29, 0.717) is 5.41 Å². The van der Waals surface area contributed by atoms with Gasteiger partial charge in [0.05, 0.1) is 0 Å². The van der Waals surface area contributed by atoms with Crippen molar-refractivity contribution in [1.29, 1.82) is 0 Å². The van der Waals surface area contributed by atoms with Gasteiger partial charge in [0.2, 0.25) is 0 Å². The highest BCUT2D eigenvalue weighted by Gasteiger charge is 2.09. The fourth-order valence-electron chi connectivity index (χ4n) is 1.96. The molecule has 0 fully saturated rings. The fraction of sp³-hybridized carbons (Fsp3) is 1.00. The Hall–Kier alpha value is -0.0400. The minimum absolute atomic E-state index is 0.514. The smallest absolute Gasteiger partial charge is 0.00187 e. The predicted molar refractivity (Wildman–Crippen MR) is 70.3 cm³/mol. The van der Waals surface area contributed by atoms with Gasteiger partial charge in [-0.15, -0.1) is 0 Å². The molecule has 0 aromatic carbocycles. The molecule has 0 bridgehead atoms. The van der Waals surface area contributed by atoms with Gasteiger partial charge in [-0.25, -0.2) is 0 Å². The Morgan fingerprint density at radius 2 is 1.33 bits per heavy atom. The molecule has 0 amide bonds. The molecule has 0 aliphatic rings. The maximum atomic E-state index is 2.61. The van der Waals surface area contributed by atoms with Crippen LogP contribution in [0, 0.1) is 5.41 Å². The monoisotopic (exact) mass is 213 g/mol. The largest absolute Gasteiger partial charge is 0.303 e. The third kappa shape index (κ3) is 10.2. The zero-order valence-electron chi connectivity index (χ0n) is 11.6. The molecule has 0 aliphatic heterocycles. The molecule has 0 atom stereocenters. The van der Waals surface area contributed by atoms with Crippen LogP contribution in [0.15, 0.2) is 0 Å². The number of rotatable bonds is 8. The van der Waals surface area contributed by atoms with Crippen molar-refractivity contribution >= 4 is 0 Å². The lowest BCUT2D eigenvalue weighted by molar-refractivity contribution is 0.259. The lowest BCUT2D eigenvalue weighted by Gasteiger charge is -2.22. The molecule has 0 N–H and O–H groups in total. The lowest BCUT2D eigenvalue weighted by Crippen LogP contribution is -2.26. The molecule has 0 radical (unpaired) electrons. The van der Waals surface area contributed by atoms with E-state index in [9.17, 15) is 0 Å². The van der Waals surface area contributed by atoms with E-state index < -0.39 is 0 Å². The summed E-state index contributed by atoms with van der Waals surface area (Å²) in [6, 6.07) is 0. The number of hydrogen-bond donors (Lipinski definition) is 0. The molecule has 0 saturated heterocycles. The Kier molecular flexibility index (Phi) is 8.13. The Labute approximate surface area is 97.2 Å². The molecule has 0 aliphatic carbocycles. The Bertz CT molecular complexity index is 129. The van der Waals surface area contributed by atoms with E-state index in [4.69, 9.17) is 0 Å². The number of hydrogen-bond acceptors (Lipinski definition) is 1. The first kappa shape index (κ1) is 15.0. The van der Waals surface area contributed by atoms with Crippen molar-refractivity contribution in [3.63, 3.8) is 0 Å². The van der Waals surface area contributed by atoms with Crippen molar-refractivity contribution in [3.05, 3.63) is 0 Å². The van der Waals surface area contributed by atoms with E-state index in [0.717, 1.165) is 0 Å². The summed E-state index contributed by atoms with van der Waals surface area (Å²) in [5.74, 6) is 0. The van der Waals surface area contributed by atoms with Crippen molar-refractivity contribution in [2.45, 2.75) is 66.7 Å². The topological polar surface area (TPSA) is 3.24 Å². The second-order valence-electron chi connectivity index (χ2n) is 5.86. The average molecular weight is 213 g/mol. The molecule has 1 heteroatoms. The van der Waals surface area contributed by atoms with Gasteiger partial charge in [-0.2, -0.15) is 0 Å². The van der Waals surface area contributed by atoms with Crippen molar-refractivity contribution in [2.75, 3.05) is 19.6 Å². The molecule has 15 heavy (non-hydrogen) atoms. The highest BCUT2D eigenvalue weighted by Crippen LogP contribution is 2.21. The van der Waals surface area contributed by atoms with Gasteiger partial charge in [0.1, 0.15) is 0 Å². The van der Waals surface area contributed by atoms with Crippen molar-refractivity contribution in [2.24, 2.45) is 5.41 Å². The number of unbranched alkanes of at least 4 members (excludes halogenated alkanes) is 1. The van der Waals surface area contributed by atoms with Crippen LogP contribution in [0.4, 0.5) is 0 Å². The summed E-state index contributed by atoms with van der Waals surface area (Å²) in [5, 5.41) is 0. The molecular weight excluding hydrogens is 182 g/mol. The van der Waals surface area contributed by atoms with Crippen molar-refractivity contribution in [1.82, 2.24) is 4.90 Å². The normalized spacial score (nSPS) is 12.4. The Balaban J connectivity index is 3.52. The molecular formula is C14H31N. The van der Waals surface area contributed by atoms with Crippen LogP contribution in [-0.2, 0) is 0 Å². The Morgan fingerprint density at radius 3 is 1.73 bits per heavy atom. The molecule has 0 aromatic rings. The van der Waals surface area contributed by atoms with E-state index in [1.165, 1.54) is 51.7 Å². The van der Waals surface area contributed by atoms with Crippen molar-refractivity contribution < 1.29 is 0 Å². The van der Waals surface area contributed by atoms with Gasteiger partial charge in [0.15, 0.2) is 0 Å². The summed E-state index contributed by atoms with van der Waals surface area (Å²) in [4.78, 5) is 2.61. The molecule has 0 aromatic heterocycles. The van der Waals surface area contributed by atoms with Crippen LogP contribution < -0.4 is 0 Å². The highest BCUT2D eigenvalue weighted by atomic mass is 15.1. The van der Waals surface area contributed by atoms with Crippen LogP contribution >= 0.6 is 0 Å². The summed E-state index contributed by atoms with van der Waals surface area (Å²) >= 11 is 0. The molecule has 92 valence electrons. The van der Waals surface area contributed by atoms with Gasteiger partial charge in [-0.05, 0) is 50.7 Å². The fourth-order valence-corrected chi connectivity index (χ4v) is 1.96. The van der Waals surface area contributed by atoms with E-state index in [1.54, 1.807) is 0 Å². The first-order chi connectivity index (χ1) is 6.99. The van der Waals surface area contributed by atoms with Gasteiger partial charge in [-0.3, -0.25) is 0 Å². The quantitative estimate of drug-likeness (QED) is 0.543. The van der Waals surface area contributed by atoms with Gasteiger partial charge in [0.25, 0.3) is 0 Å². The Morgan fingerprint density at radius 1 is 0.800 bits per heavy atom. The molecule has 0 unspecified atom stereocenters. The summed E-state index contributed by atoms with van der Waals surface area (Å²) < 4.78 is 0. The lowest BCUT2D eigenvalue weighted by atomic mass is 9.90. The summed E-state index contributed by atoms with van der Waals surface area (Å²) in [6.07, 6.45) is 6.70. The first-order valence-corrected chi connectivity index (χ1v) is 6.72. The first-order valence-electron chi connectivity index (χ1n) is 6.72. The van der Waals surface area contributed by atoms with E-state index in [-0.39, 0.29) is 0 Å². The van der Waals surface area contributed by atoms with Crippen LogP contribution in [0.1, 0.15) is 66.7 Å². The van der Waals surface area contributed by atoms with Gasteiger partial charge < -0.3 is 4.90 Å². The third-order valence-electron chi connectivity index (χ3n) is 2.73. The molecule has 1 nitrogen and oxygen atoms in total.